The number of ether oxygens (including phenoxy) is 1. The van der Waals surface area contributed by atoms with Gasteiger partial charge in [-0.05, 0) is 30.8 Å². The Morgan fingerprint density at radius 1 is 1.44 bits per heavy atom. The third kappa shape index (κ3) is 4.61. The first-order valence-electron chi connectivity index (χ1n) is 5.01. The summed E-state index contributed by atoms with van der Waals surface area (Å²) in [4.78, 5) is 10.3. The molecule has 0 aliphatic carbocycles. The van der Waals surface area contributed by atoms with Crippen molar-refractivity contribution in [1.82, 2.24) is 5.32 Å². The van der Waals surface area contributed by atoms with E-state index in [0.717, 1.165) is 23.9 Å². The van der Waals surface area contributed by atoms with Gasteiger partial charge in [0.15, 0.2) is 0 Å². The molecular formula is C12H15NO3. The highest BCUT2D eigenvalue weighted by Crippen LogP contribution is 2.12. The molecule has 16 heavy (non-hydrogen) atoms. The van der Waals surface area contributed by atoms with E-state index in [9.17, 15) is 4.79 Å². The summed E-state index contributed by atoms with van der Waals surface area (Å²) in [6.45, 7) is 1.40. The molecule has 0 bridgehead atoms. The number of aliphatic carboxylic acids is 1. The number of benzene rings is 1. The number of rotatable bonds is 6. The van der Waals surface area contributed by atoms with Gasteiger partial charge in [0.2, 0.25) is 0 Å². The van der Waals surface area contributed by atoms with Crippen LogP contribution in [0.15, 0.2) is 30.3 Å². The Balaban J connectivity index is 2.51. The Hall–Kier alpha value is -1.81. The molecule has 86 valence electrons. The van der Waals surface area contributed by atoms with Crippen LogP contribution in [0.1, 0.15) is 5.56 Å². The minimum absolute atomic E-state index is 0.612. The molecule has 0 unspecified atom stereocenters. The average Bonchev–Trinajstić information content (AvgIpc) is 2.28. The lowest BCUT2D eigenvalue weighted by molar-refractivity contribution is -0.131. The topological polar surface area (TPSA) is 58.6 Å². The first-order chi connectivity index (χ1) is 7.72. The summed E-state index contributed by atoms with van der Waals surface area (Å²) >= 11 is 0. The van der Waals surface area contributed by atoms with Crippen molar-refractivity contribution in [2.24, 2.45) is 0 Å². The van der Waals surface area contributed by atoms with Gasteiger partial charge >= 0.3 is 5.97 Å². The fourth-order valence-corrected chi connectivity index (χ4v) is 1.11. The molecule has 0 saturated carbocycles. The standard InChI is InChI=1S/C12H15NO3/c1-13-8-9-16-11-5-2-10(3-6-11)4-7-12(14)15/h2-7,13H,8-9H2,1H3,(H,14,15). The van der Waals surface area contributed by atoms with Crippen molar-refractivity contribution in [3.05, 3.63) is 35.9 Å². The molecular weight excluding hydrogens is 206 g/mol. The fourth-order valence-electron chi connectivity index (χ4n) is 1.11. The molecule has 0 radical (unpaired) electrons. The summed E-state index contributed by atoms with van der Waals surface area (Å²) in [6.07, 6.45) is 2.65. The summed E-state index contributed by atoms with van der Waals surface area (Å²) in [7, 11) is 1.86. The molecule has 1 aromatic carbocycles. The molecule has 1 rings (SSSR count). The van der Waals surface area contributed by atoms with Crippen molar-refractivity contribution >= 4 is 12.0 Å². The molecule has 2 N–H and O–H groups in total. The second kappa shape index (κ2) is 6.63. The smallest absolute Gasteiger partial charge is 0.328 e. The fraction of sp³-hybridized carbons (Fsp3) is 0.250. The van der Waals surface area contributed by atoms with Crippen LogP contribution in [-0.2, 0) is 4.79 Å². The maximum absolute atomic E-state index is 10.3. The predicted molar refractivity (Wildman–Crippen MR) is 62.5 cm³/mol. The highest BCUT2D eigenvalue weighted by molar-refractivity contribution is 5.85. The maximum atomic E-state index is 10.3. The number of carboxylic acid groups (broad SMARTS) is 1. The highest BCUT2D eigenvalue weighted by Gasteiger charge is 1.93. The van der Waals surface area contributed by atoms with E-state index >= 15 is 0 Å². The van der Waals surface area contributed by atoms with E-state index in [0.29, 0.717) is 6.61 Å². The van der Waals surface area contributed by atoms with E-state index in [1.807, 2.05) is 31.3 Å². The Morgan fingerprint density at radius 2 is 2.12 bits per heavy atom. The lowest BCUT2D eigenvalue weighted by Crippen LogP contribution is -2.15. The third-order valence-corrected chi connectivity index (χ3v) is 1.92. The Labute approximate surface area is 94.6 Å². The average molecular weight is 221 g/mol. The Kier molecular flexibility index (Phi) is 5.08. The molecule has 0 amide bonds. The van der Waals surface area contributed by atoms with Crippen LogP contribution >= 0.6 is 0 Å². The van der Waals surface area contributed by atoms with Crippen molar-refractivity contribution in [1.29, 1.82) is 0 Å². The largest absolute Gasteiger partial charge is 0.492 e. The van der Waals surface area contributed by atoms with Crippen molar-refractivity contribution in [2.75, 3.05) is 20.2 Å². The van der Waals surface area contributed by atoms with Crippen molar-refractivity contribution in [3.63, 3.8) is 0 Å². The first kappa shape index (κ1) is 12.3. The zero-order valence-corrected chi connectivity index (χ0v) is 9.14. The molecule has 0 saturated heterocycles. The number of hydrogen-bond acceptors (Lipinski definition) is 3. The highest BCUT2D eigenvalue weighted by atomic mass is 16.5. The maximum Gasteiger partial charge on any atom is 0.328 e. The summed E-state index contributed by atoms with van der Waals surface area (Å²) in [5, 5.41) is 11.4. The van der Waals surface area contributed by atoms with E-state index in [2.05, 4.69) is 5.32 Å². The molecule has 0 aliphatic rings. The SMILES string of the molecule is CNCCOc1ccc(C=CC(=O)O)cc1. The van der Waals surface area contributed by atoms with E-state index in [1.54, 1.807) is 6.08 Å². The second-order valence-corrected chi connectivity index (χ2v) is 3.19. The van der Waals surface area contributed by atoms with Gasteiger partial charge in [0, 0.05) is 12.6 Å². The van der Waals surface area contributed by atoms with Crippen molar-refractivity contribution in [2.45, 2.75) is 0 Å². The molecule has 0 aliphatic heterocycles. The van der Waals surface area contributed by atoms with Crippen LogP contribution in [-0.4, -0.2) is 31.3 Å². The summed E-state index contributed by atoms with van der Waals surface area (Å²) in [6, 6.07) is 7.26. The monoisotopic (exact) mass is 221 g/mol. The molecule has 0 fully saturated rings. The van der Waals surface area contributed by atoms with Gasteiger partial charge in [-0.1, -0.05) is 12.1 Å². The van der Waals surface area contributed by atoms with Crippen LogP contribution in [0.4, 0.5) is 0 Å². The van der Waals surface area contributed by atoms with Gasteiger partial charge in [-0.2, -0.15) is 0 Å². The van der Waals surface area contributed by atoms with Gasteiger partial charge < -0.3 is 15.2 Å². The molecule has 0 spiro atoms. The van der Waals surface area contributed by atoms with Crippen LogP contribution in [0.25, 0.3) is 6.08 Å². The minimum Gasteiger partial charge on any atom is -0.492 e. The van der Waals surface area contributed by atoms with Gasteiger partial charge in [0.25, 0.3) is 0 Å². The zero-order chi connectivity index (χ0) is 11.8. The first-order valence-corrected chi connectivity index (χ1v) is 5.01. The van der Waals surface area contributed by atoms with Gasteiger partial charge in [-0.3, -0.25) is 0 Å². The normalized spacial score (nSPS) is 10.6. The van der Waals surface area contributed by atoms with E-state index in [4.69, 9.17) is 9.84 Å². The van der Waals surface area contributed by atoms with Crippen LogP contribution in [0.5, 0.6) is 5.75 Å². The lowest BCUT2D eigenvalue weighted by atomic mass is 10.2. The van der Waals surface area contributed by atoms with E-state index in [1.165, 1.54) is 0 Å². The summed E-state index contributed by atoms with van der Waals surface area (Å²) in [5.74, 6) is -0.169. The van der Waals surface area contributed by atoms with Gasteiger partial charge in [-0.25, -0.2) is 4.79 Å². The number of carboxylic acids is 1. The molecule has 0 heterocycles. The second-order valence-electron chi connectivity index (χ2n) is 3.19. The van der Waals surface area contributed by atoms with Crippen molar-refractivity contribution in [3.8, 4) is 5.75 Å². The van der Waals surface area contributed by atoms with Gasteiger partial charge in [0.05, 0.1) is 0 Å². The number of carbonyl (C=O) groups is 1. The molecule has 1 aromatic rings. The molecule has 4 nitrogen and oxygen atoms in total. The van der Waals surface area contributed by atoms with Crippen molar-refractivity contribution < 1.29 is 14.6 Å². The quantitative estimate of drug-likeness (QED) is 0.563. The predicted octanol–water partition coefficient (Wildman–Crippen LogP) is 1.38. The Bertz CT molecular complexity index is 357. The van der Waals surface area contributed by atoms with Crippen LogP contribution in [0, 0.1) is 0 Å². The number of likely N-dealkylation sites (N-methyl/N-ethyl adjacent to an activating group) is 1. The number of nitrogens with one attached hydrogen (secondary N) is 1. The van der Waals surface area contributed by atoms with E-state index in [-0.39, 0.29) is 0 Å². The zero-order valence-electron chi connectivity index (χ0n) is 9.14. The minimum atomic E-state index is -0.950. The molecule has 0 atom stereocenters. The van der Waals surface area contributed by atoms with E-state index < -0.39 is 5.97 Å². The molecule has 0 aromatic heterocycles. The lowest BCUT2D eigenvalue weighted by Gasteiger charge is -2.05. The van der Waals surface area contributed by atoms with Crippen LogP contribution in [0.2, 0.25) is 0 Å². The third-order valence-electron chi connectivity index (χ3n) is 1.92. The number of hydrogen-bond donors (Lipinski definition) is 2. The van der Waals surface area contributed by atoms with Crippen LogP contribution < -0.4 is 10.1 Å². The van der Waals surface area contributed by atoms with Crippen LogP contribution in [0.3, 0.4) is 0 Å². The summed E-state index contributed by atoms with van der Waals surface area (Å²) in [5.41, 5.74) is 0.836. The van der Waals surface area contributed by atoms with Gasteiger partial charge in [0.1, 0.15) is 12.4 Å². The molecule has 4 heteroatoms. The Morgan fingerprint density at radius 3 is 2.69 bits per heavy atom. The summed E-state index contributed by atoms with van der Waals surface area (Å²) < 4.78 is 5.42. The van der Waals surface area contributed by atoms with Gasteiger partial charge in [-0.15, -0.1) is 0 Å².